The Morgan fingerprint density at radius 1 is 0.952 bits per heavy atom. The fraction of sp³-hybridized carbons (Fsp3) is 0.0625. The van der Waals surface area contributed by atoms with Crippen molar-refractivity contribution in [3.63, 3.8) is 0 Å². The minimum Gasteiger partial charge on any atom is -0.325 e. The molecule has 21 heavy (non-hydrogen) atoms. The van der Waals surface area contributed by atoms with E-state index in [1.54, 1.807) is 18.2 Å². The lowest BCUT2D eigenvalue weighted by Gasteiger charge is -2.08. The van der Waals surface area contributed by atoms with E-state index in [0.717, 1.165) is 5.56 Å². The molecule has 5 nitrogen and oxygen atoms in total. The Bertz CT molecular complexity index is 738. The Kier molecular flexibility index (Phi) is 3.23. The van der Waals surface area contributed by atoms with Crippen molar-refractivity contribution in [3.05, 3.63) is 65.2 Å². The number of hydrogen-bond donors (Lipinski definition) is 2. The Balaban J connectivity index is 1.82. The summed E-state index contributed by atoms with van der Waals surface area (Å²) < 4.78 is 0. The van der Waals surface area contributed by atoms with E-state index in [4.69, 9.17) is 0 Å². The molecule has 0 atom stereocenters. The molecule has 0 aromatic heterocycles. The van der Waals surface area contributed by atoms with Gasteiger partial charge in [-0.1, -0.05) is 36.4 Å². The zero-order valence-corrected chi connectivity index (χ0v) is 11.1. The summed E-state index contributed by atoms with van der Waals surface area (Å²) in [5, 5.41) is 4.91. The molecule has 1 heterocycles. The van der Waals surface area contributed by atoms with E-state index in [-0.39, 0.29) is 23.5 Å². The van der Waals surface area contributed by atoms with Gasteiger partial charge in [0.25, 0.3) is 11.8 Å². The molecule has 3 rings (SSSR count). The molecule has 2 aromatic carbocycles. The molecule has 0 fully saturated rings. The quantitative estimate of drug-likeness (QED) is 0.841. The van der Waals surface area contributed by atoms with Crippen LogP contribution in [0.25, 0.3) is 0 Å². The van der Waals surface area contributed by atoms with Gasteiger partial charge in [-0.2, -0.15) is 0 Å². The normalized spacial score (nSPS) is 12.8. The van der Waals surface area contributed by atoms with Crippen molar-refractivity contribution in [3.8, 4) is 0 Å². The average molecular weight is 280 g/mol. The van der Waals surface area contributed by atoms with Crippen molar-refractivity contribution in [2.45, 2.75) is 6.42 Å². The van der Waals surface area contributed by atoms with Crippen LogP contribution in [0.15, 0.2) is 48.5 Å². The number of hydrogen-bond acceptors (Lipinski definition) is 3. The first-order valence-corrected chi connectivity index (χ1v) is 6.47. The monoisotopic (exact) mass is 280 g/mol. The van der Waals surface area contributed by atoms with Crippen molar-refractivity contribution in [1.82, 2.24) is 5.32 Å². The molecular formula is C16H12N2O3. The molecule has 0 saturated carbocycles. The predicted molar refractivity (Wildman–Crippen MR) is 77.0 cm³/mol. The van der Waals surface area contributed by atoms with Crippen LogP contribution in [0.5, 0.6) is 0 Å². The predicted octanol–water partition coefficient (Wildman–Crippen LogP) is 1.75. The molecule has 1 aliphatic rings. The smallest absolute Gasteiger partial charge is 0.261 e. The first-order valence-electron chi connectivity index (χ1n) is 6.47. The number of benzene rings is 2. The van der Waals surface area contributed by atoms with Gasteiger partial charge in [0.1, 0.15) is 0 Å². The lowest BCUT2D eigenvalue weighted by Crippen LogP contribution is -2.21. The lowest BCUT2D eigenvalue weighted by atomic mass is 10.1. The highest BCUT2D eigenvalue weighted by Gasteiger charge is 2.29. The van der Waals surface area contributed by atoms with Crippen LogP contribution < -0.4 is 10.6 Å². The van der Waals surface area contributed by atoms with Gasteiger partial charge in [0.05, 0.1) is 23.2 Å². The van der Waals surface area contributed by atoms with E-state index in [1.165, 1.54) is 0 Å². The third kappa shape index (κ3) is 2.53. The fourth-order valence-corrected chi connectivity index (χ4v) is 2.30. The Labute approximate surface area is 121 Å². The van der Waals surface area contributed by atoms with Crippen LogP contribution in [-0.2, 0) is 11.2 Å². The Hall–Kier alpha value is -2.95. The van der Waals surface area contributed by atoms with Gasteiger partial charge in [-0.25, -0.2) is 0 Å². The maximum Gasteiger partial charge on any atom is 0.261 e. The third-order valence-corrected chi connectivity index (χ3v) is 3.24. The van der Waals surface area contributed by atoms with E-state index >= 15 is 0 Å². The number of rotatable bonds is 3. The second-order valence-corrected chi connectivity index (χ2v) is 4.72. The molecule has 1 aliphatic heterocycles. The topological polar surface area (TPSA) is 75.3 Å². The van der Waals surface area contributed by atoms with Crippen LogP contribution in [0.1, 0.15) is 26.3 Å². The van der Waals surface area contributed by atoms with Crippen molar-refractivity contribution in [2.24, 2.45) is 0 Å². The largest absolute Gasteiger partial charge is 0.325 e. The molecule has 2 aromatic rings. The van der Waals surface area contributed by atoms with Crippen molar-refractivity contribution >= 4 is 23.4 Å². The van der Waals surface area contributed by atoms with Gasteiger partial charge < -0.3 is 5.32 Å². The molecular weight excluding hydrogens is 268 g/mol. The maximum atomic E-state index is 12.0. The SMILES string of the molecule is O=C(Cc1ccccc1)Nc1cccc2c1C(=O)NC2=O. The van der Waals surface area contributed by atoms with Crippen LogP contribution in [-0.4, -0.2) is 17.7 Å². The second-order valence-electron chi connectivity index (χ2n) is 4.72. The fourth-order valence-electron chi connectivity index (χ4n) is 2.30. The standard InChI is InChI=1S/C16H12N2O3/c19-13(9-10-5-2-1-3-6-10)17-12-8-4-7-11-14(12)16(21)18-15(11)20/h1-8H,9H2,(H,17,19)(H,18,20,21). The zero-order valence-electron chi connectivity index (χ0n) is 11.1. The highest BCUT2D eigenvalue weighted by Crippen LogP contribution is 2.24. The molecule has 3 amide bonds. The van der Waals surface area contributed by atoms with Crippen LogP contribution >= 0.6 is 0 Å². The van der Waals surface area contributed by atoms with E-state index in [2.05, 4.69) is 10.6 Å². The summed E-state index contributed by atoms with van der Waals surface area (Å²) in [5.41, 5.74) is 1.75. The minimum absolute atomic E-state index is 0.208. The molecule has 0 radical (unpaired) electrons. The zero-order chi connectivity index (χ0) is 14.8. The van der Waals surface area contributed by atoms with Crippen molar-refractivity contribution in [1.29, 1.82) is 0 Å². The van der Waals surface area contributed by atoms with Gasteiger partial charge in [0.2, 0.25) is 5.91 Å². The van der Waals surface area contributed by atoms with Crippen LogP contribution in [0, 0.1) is 0 Å². The van der Waals surface area contributed by atoms with Crippen molar-refractivity contribution in [2.75, 3.05) is 5.32 Å². The summed E-state index contributed by atoms with van der Waals surface area (Å²) in [7, 11) is 0. The van der Waals surface area contributed by atoms with Crippen molar-refractivity contribution < 1.29 is 14.4 Å². The number of carbonyl (C=O) groups is 3. The average Bonchev–Trinajstić information content (AvgIpc) is 2.76. The van der Waals surface area contributed by atoms with Gasteiger partial charge >= 0.3 is 0 Å². The van der Waals surface area contributed by atoms with Crippen LogP contribution in [0.2, 0.25) is 0 Å². The Morgan fingerprint density at radius 3 is 2.48 bits per heavy atom. The molecule has 2 N–H and O–H groups in total. The molecule has 0 unspecified atom stereocenters. The highest BCUT2D eigenvalue weighted by molar-refractivity contribution is 6.24. The summed E-state index contributed by atoms with van der Waals surface area (Å²) in [6.45, 7) is 0. The second kappa shape index (κ2) is 5.20. The summed E-state index contributed by atoms with van der Waals surface area (Å²) in [4.78, 5) is 35.4. The highest BCUT2D eigenvalue weighted by atomic mass is 16.2. The molecule has 104 valence electrons. The van der Waals surface area contributed by atoms with E-state index in [0.29, 0.717) is 5.69 Å². The number of anilines is 1. The summed E-state index contributed by atoms with van der Waals surface area (Å²) in [5.74, 6) is -1.15. The summed E-state index contributed by atoms with van der Waals surface area (Å²) >= 11 is 0. The lowest BCUT2D eigenvalue weighted by molar-refractivity contribution is -0.115. The Morgan fingerprint density at radius 2 is 1.71 bits per heavy atom. The molecule has 5 heteroatoms. The molecule has 0 bridgehead atoms. The van der Waals surface area contributed by atoms with Crippen LogP contribution in [0.4, 0.5) is 5.69 Å². The first-order chi connectivity index (χ1) is 10.1. The first kappa shape index (κ1) is 13.1. The van der Waals surface area contributed by atoms with Gasteiger partial charge in [-0.3, -0.25) is 19.7 Å². The van der Waals surface area contributed by atoms with Gasteiger partial charge in [0.15, 0.2) is 0 Å². The number of amides is 3. The number of fused-ring (bicyclic) bond motifs is 1. The number of imide groups is 1. The summed E-state index contributed by atoms with van der Waals surface area (Å²) in [6, 6.07) is 14.1. The maximum absolute atomic E-state index is 12.0. The van der Waals surface area contributed by atoms with Gasteiger partial charge in [-0.15, -0.1) is 0 Å². The number of nitrogens with one attached hydrogen (secondary N) is 2. The molecule has 0 spiro atoms. The van der Waals surface area contributed by atoms with Gasteiger partial charge in [0, 0.05) is 0 Å². The van der Waals surface area contributed by atoms with E-state index in [9.17, 15) is 14.4 Å². The number of carbonyl (C=O) groups excluding carboxylic acids is 3. The van der Waals surface area contributed by atoms with E-state index < -0.39 is 11.8 Å². The van der Waals surface area contributed by atoms with Crippen LogP contribution in [0.3, 0.4) is 0 Å². The van der Waals surface area contributed by atoms with Gasteiger partial charge in [-0.05, 0) is 17.7 Å². The molecule has 0 saturated heterocycles. The third-order valence-electron chi connectivity index (χ3n) is 3.24. The van der Waals surface area contributed by atoms with E-state index in [1.807, 2.05) is 30.3 Å². The minimum atomic E-state index is -0.481. The summed E-state index contributed by atoms with van der Waals surface area (Å²) in [6.07, 6.45) is 0.208. The molecule has 0 aliphatic carbocycles.